The highest BCUT2D eigenvalue weighted by Gasteiger charge is 2.31. The summed E-state index contributed by atoms with van der Waals surface area (Å²) in [5.74, 6) is 0.257. The van der Waals surface area contributed by atoms with Gasteiger partial charge in [0.15, 0.2) is 0 Å². The average Bonchev–Trinajstić information content (AvgIpc) is 2.73. The zero-order chi connectivity index (χ0) is 23.3. The average molecular weight is 495 g/mol. The van der Waals surface area contributed by atoms with Crippen molar-refractivity contribution in [2.24, 2.45) is 0 Å². The van der Waals surface area contributed by atoms with Gasteiger partial charge < -0.3 is 10.1 Å². The molecule has 0 radical (unpaired) electrons. The number of hydrogen-bond acceptors (Lipinski definition) is 4. The molecule has 0 heterocycles. The lowest BCUT2D eigenvalue weighted by molar-refractivity contribution is -0.122. The van der Waals surface area contributed by atoms with Crippen LogP contribution in [0.25, 0.3) is 10.8 Å². The minimum Gasteiger partial charge on any atom is -0.492 e. The van der Waals surface area contributed by atoms with Crippen LogP contribution < -0.4 is 14.4 Å². The van der Waals surface area contributed by atoms with Crippen molar-refractivity contribution in [3.05, 3.63) is 70.7 Å². The second-order valence-corrected chi connectivity index (χ2v) is 9.99. The van der Waals surface area contributed by atoms with Crippen LogP contribution in [0.5, 0.6) is 5.75 Å². The lowest BCUT2D eigenvalue weighted by atomic mass is 10.1. The van der Waals surface area contributed by atoms with Crippen LogP contribution in [0, 0.1) is 0 Å². The highest BCUT2D eigenvalue weighted by molar-refractivity contribution is 7.92. The third kappa shape index (κ3) is 6.06. The van der Waals surface area contributed by atoms with Crippen molar-refractivity contribution in [2.45, 2.75) is 19.4 Å². The fourth-order valence-corrected chi connectivity index (χ4v) is 5.15. The number of ether oxygens (including phenoxy) is 1. The van der Waals surface area contributed by atoms with Crippen LogP contribution in [0.4, 0.5) is 5.69 Å². The van der Waals surface area contributed by atoms with Crippen molar-refractivity contribution in [3.63, 3.8) is 0 Å². The van der Waals surface area contributed by atoms with Gasteiger partial charge in [-0.15, -0.1) is 0 Å². The van der Waals surface area contributed by atoms with Gasteiger partial charge in [-0.05, 0) is 47.5 Å². The zero-order valence-electron chi connectivity index (χ0n) is 17.7. The molecule has 0 aliphatic rings. The van der Waals surface area contributed by atoms with Gasteiger partial charge in [0.1, 0.15) is 18.4 Å². The van der Waals surface area contributed by atoms with Crippen molar-refractivity contribution >= 4 is 55.6 Å². The number of halogens is 2. The van der Waals surface area contributed by atoms with Gasteiger partial charge in [0.2, 0.25) is 15.9 Å². The van der Waals surface area contributed by atoms with Gasteiger partial charge in [0.05, 0.1) is 18.5 Å². The number of rotatable bonds is 9. The summed E-state index contributed by atoms with van der Waals surface area (Å²) >= 11 is 12.1. The summed E-state index contributed by atoms with van der Waals surface area (Å²) in [4.78, 5) is 12.9. The molecule has 9 heteroatoms. The van der Waals surface area contributed by atoms with Crippen LogP contribution in [0.2, 0.25) is 10.0 Å². The molecule has 0 unspecified atom stereocenters. The quantitative estimate of drug-likeness (QED) is 0.429. The van der Waals surface area contributed by atoms with E-state index in [1.165, 1.54) is 18.2 Å². The molecule has 1 atom stereocenters. The Kier molecular flexibility index (Phi) is 7.87. The maximum atomic E-state index is 12.9. The number of carbonyl (C=O) groups is 1. The first kappa shape index (κ1) is 24.2. The first-order valence-corrected chi connectivity index (χ1v) is 12.6. The highest BCUT2D eigenvalue weighted by Crippen LogP contribution is 2.29. The number of hydrogen-bond donors (Lipinski definition) is 1. The standard InChI is InChI=1S/C23H24Cl2N2O4S/c1-3-22(27(32(2,29)30)20-14-18(24)13-19(25)15-20)23(28)26-10-11-31-21-9-8-16-6-4-5-7-17(16)12-21/h4-9,12-15,22H,3,10-11H2,1-2H3,(H,26,28)/t22-/m1/s1. The molecule has 0 fully saturated rings. The largest absolute Gasteiger partial charge is 0.492 e. The molecule has 3 aromatic rings. The molecule has 32 heavy (non-hydrogen) atoms. The molecule has 170 valence electrons. The lowest BCUT2D eigenvalue weighted by Gasteiger charge is -2.30. The summed E-state index contributed by atoms with van der Waals surface area (Å²) < 4.78 is 31.8. The highest BCUT2D eigenvalue weighted by atomic mass is 35.5. The fraction of sp³-hybridized carbons (Fsp3) is 0.261. The molecule has 0 aliphatic carbocycles. The van der Waals surface area contributed by atoms with E-state index in [-0.39, 0.29) is 35.3 Å². The van der Waals surface area contributed by atoms with Crippen molar-refractivity contribution < 1.29 is 17.9 Å². The number of amides is 1. The molecule has 0 saturated heterocycles. The second-order valence-electron chi connectivity index (χ2n) is 7.26. The van der Waals surface area contributed by atoms with E-state index in [1.54, 1.807) is 6.92 Å². The topological polar surface area (TPSA) is 75.7 Å². The number of anilines is 1. The van der Waals surface area contributed by atoms with Crippen LogP contribution in [-0.2, 0) is 14.8 Å². The first-order valence-electron chi connectivity index (χ1n) is 10.0. The van der Waals surface area contributed by atoms with E-state index in [0.717, 1.165) is 21.3 Å². The Bertz CT molecular complexity index is 1200. The summed E-state index contributed by atoms with van der Waals surface area (Å²) in [5.41, 5.74) is 0.236. The van der Waals surface area contributed by atoms with E-state index in [0.29, 0.717) is 5.75 Å². The molecule has 0 spiro atoms. The third-order valence-corrected chi connectivity index (χ3v) is 6.44. The molecule has 3 aromatic carbocycles. The molecular weight excluding hydrogens is 471 g/mol. The summed E-state index contributed by atoms with van der Waals surface area (Å²) in [6.07, 6.45) is 1.30. The lowest BCUT2D eigenvalue weighted by Crippen LogP contribution is -2.50. The number of carbonyl (C=O) groups excluding carboxylic acids is 1. The van der Waals surface area contributed by atoms with Gasteiger partial charge in [0.25, 0.3) is 0 Å². The van der Waals surface area contributed by atoms with Gasteiger partial charge in [0, 0.05) is 10.0 Å². The van der Waals surface area contributed by atoms with E-state index in [2.05, 4.69) is 5.32 Å². The Hall–Kier alpha value is -2.48. The van der Waals surface area contributed by atoms with Crippen LogP contribution in [-0.4, -0.2) is 39.8 Å². The van der Waals surface area contributed by atoms with E-state index < -0.39 is 22.0 Å². The summed E-state index contributed by atoms with van der Waals surface area (Å²) in [7, 11) is -3.78. The molecule has 0 aliphatic heterocycles. The molecule has 1 amide bonds. The predicted octanol–water partition coefficient (Wildman–Crippen LogP) is 4.89. The van der Waals surface area contributed by atoms with E-state index in [1.807, 2.05) is 42.5 Å². The van der Waals surface area contributed by atoms with Gasteiger partial charge in [-0.3, -0.25) is 9.10 Å². The van der Waals surface area contributed by atoms with Gasteiger partial charge >= 0.3 is 0 Å². The van der Waals surface area contributed by atoms with E-state index in [4.69, 9.17) is 27.9 Å². The van der Waals surface area contributed by atoms with Crippen LogP contribution in [0.1, 0.15) is 13.3 Å². The van der Waals surface area contributed by atoms with Gasteiger partial charge in [-0.2, -0.15) is 0 Å². The Morgan fingerprint density at radius 3 is 2.31 bits per heavy atom. The first-order chi connectivity index (χ1) is 15.2. The predicted molar refractivity (Wildman–Crippen MR) is 130 cm³/mol. The molecule has 1 N–H and O–H groups in total. The fourth-order valence-electron chi connectivity index (χ4n) is 3.44. The Morgan fingerprint density at radius 1 is 1.03 bits per heavy atom. The van der Waals surface area contributed by atoms with Crippen molar-refractivity contribution in [2.75, 3.05) is 23.7 Å². The molecule has 6 nitrogen and oxygen atoms in total. The smallest absolute Gasteiger partial charge is 0.244 e. The van der Waals surface area contributed by atoms with Crippen LogP contribution in [0.3, 0.4) is 0 Å². The number of fused-ring (bicyclic) bond motifs is 1. The van der Waals surface area contributed by atoms with Crippen LogP contribution >= 0.6 is 23.2 Å². The molecule has 0 bridgehead atoms. The molecule has 0 aromatic heterocycles. The van der Waals surface area contributed by atoms with Gasteiger partial charge in [-0.1, -0.05) is 60.5 Å². The second kappa shape index (κ2) is 10.4. The number of nitrogens with one attached hydrogen (secondary N) is 1. The van der Waals surface area contributed by atoms with Crippen molar-refractivity contribution in [1.29, 1.82) is 0 Å². The molecular formula is C23H24Cl2N2O4S. The van der Waals surface area contributed by atoms with Crippen molar-refractivity contribution in [3.8, 4) is 5.75 Å². The van der Waals surface area contributed by atoms with Crippen molar-refractivity contribution in [1.82, 2.24) is 5.32 Å². The minimum atomic E-state index is -3.78. The van der Waals surface area contributed by atoms with E-state index in [9.17, 15) is 13.2 Å². The third-order valence-electron chi connectivity index (χ3n) is 4.82. The minimum absolute atomic E-state index is 0.218. The summed E-state index contributed by atoms with van der Waals surface area (Å²) in [5, 5.41) is 5.48. The van der Waals surface area contributed by atoms with Gasteiger partial charge in [-0.25, -0.2) is 8.42 Å². The number of nitrogens with zero attached hydrogens (tertiary/aromatic N) is 1. The normalized spacial score (nSPS) is 12.4. The number of benzene rings is 3. The SMILES string of the molecule is CC[C@H](C(=O)NCCOc1ccc2ccccc2c1)N(c1cc(Cl)cc(Cl)c1)S(C)(=O)=O. The van der Waals surface area contributed by atoms with Crippen LogP contribution in [0.15, 0.2) is 60.7 Å². The Morgan fingerprint density at radius 2 is 1.69 bits per heavy atom. The van der Waals surface area contributed by atoms with E-state index >= 15 is 0 Å². The Balaban J connectivity index is 1.66. The maximum absolute atomic E-state index is 12.9. The summed E-state index contributed by atoms with van der Waals surface area (Å²) in [6.45, 7) is 2.19. The zero-order valence-corrected chi connectivity index (χ0v) is 20.0. The molecule has 3 rings (SSSR count). The Labute approximate surface area is 198 Å². The number of sulfonamides is 1. The molecule has 0 saturated carbocycles. The monoisotopic (exact) mass is 494 g/mol. The maximum Gasteiger partial charge on any atom is 0.244 e. The summed E-state index contributed by atoms with van der Waals surface area (Å²) in [6, 6.07) is 17.2.